The van der Waals surface area contributed by atoms with Gasteiger partial charge in [-0.15, -0.1) is 0 Å². The molecule has 0 unspecified atom stereocenters. The standard InChI is InChI=1S/C22H20N2O5/c1-28-19-4-2-3-5-20(19)29-14-21(26)23-16-8-6-15(7-9-16)22(27)24-17-10-12-18(25)13-11-17/h2-13,25H,14H2,1H3,(H,23,26)(H,24,27). The molecule has 2 amide bonds. The Morgan fingerprint density at radius 1 is 0.828 bits per heavy atom. The van der Waals surface area contributed by atoms with Crippen molar-refractivity contribution in [1.29, 1.82) is 0 Å². The van der Waals surface area contributed by atoms with Gasteiger partial charge in [-0.25, -0.2) is 0 Å². The average molecular weight is 392 g/mol. The van der Waals surface area contributed by atoms with Gasteiger partial charge in [-0.3, -0.25) is 9.59 Å². The molecule has 0 saturated carbocycles. The van der Waals surface area contributed by atoms with E-state index in [4.69, 9.17) is 9.47 Å². The molecule has 3 rings (SSSR count). The van der Waals surface area contributed by atoms with Gasteiger partial charge in [0.05, 0.1) is 7.11 Å². The van der Waals surface area contributed by atoms with Crippen molar-refractivity contribution in [2.45, 2.75) is 0 Å². The maximum Gasteiger partial charge on any atom is 0.262 e. The number of ether oxygens (including phenoxy) is 2. The first kappa shape index (κ1) is 19.8. The molecule has 0 atom stereocenters. The van der Waals surface area contributed by atoms with Gasteiger partial charge in [0.25, 0.3) is 11.8 Å². The van der Waals surface area contributed by atoms with Crippen LogP contribution in [0.25, 0.3) is 0 Å². The zero-order valence-electron chi connectivity index (χ0n) is 15.7. The van der Waals surface area contributed by atoms with E-state index < -0.39 is 0 Å². The van der Waals surface area contributed by atoms with E-state index in [9.17, 15) is 14.7 Å². The lowest BCUT2D eigenvalue weighted by atomic mass is 10.2. The summed E-state index contributed by atoms with van der Waals surface area (Å²) in [7, 11) is 1.53. The number of methoxy groups -OCH3 is 1. The minimum absolute atomic E-state index is 0.123. The van der Waals surface area contributed by atoms with Crippen LogP contribution in [0.1, 0.15) is 10.4 Å². The summed E-state index contributed by atoms with van der Waals surface area (Å²) in [6.45, 7) is -0.177. The van der Waals surface area contributed by atoms with Crippen LogP contribution >= 0.6 is 0 Å². The van der Waals surface area contributed by atoms with E-state index in [-0.39, 0.29) is 24.2 Å². The summed E-state index contributed by atoms with van der Waals surface area (Å²) in [6, 6.07) is 19.7. The minimum Gasteiger partial charge on any atom is -0.508 e. The number of anilines is 2. The van der Waals surface area contributed by atoms with Crippen molar-refractivity contribution < 1.29 is 24.2 Å². The molecule has 0 bridgehead atoms. The maximum absolute atomic E-state index is 12.3. The Morgan fingerprint density at radius 3 is 2.07 bits per heavy atom. The van der Waals surface area contributed by atoms with E-state index >= 15 is 0 Å². The predicted molar refractivity (Wildman–Crippen MR) is 110 cm³/mol. The molecule has 7 heteroatoms. The van der Waals surface area contributed by atoms with Crippen molar-refractivity contribution in [2.75, 3.05) is 24.4 Å². The van der Waals surface area contributed by atoms with Gasteiger partial charge in [0, 0.05) is 16.9 Å². The molecule has 148 valence electrons. The molecule has 29 heavy (non-hydrogen) atoms. The summed E-state index contributed by atoms with van der Waals surface area (Å²) in [4.78, 5) is 24.4. The monoisotopic (exact) mass is 392 g/mol. The molecule has 0 aliphatic rings. The number of aromatic hydroxyl groups is 1. The van der Waals surface area contributed by atoms with Crippen LogP contribution in [0.3, 0.4) is 0 Å². The van der Waals surface area contributed by atoms with Gasteiger partial charge in [-0.2, -0.15) is 0 Å². The van der Waals surface area contributed by atoms with Crippen LogP contribution in [0.5, 0.6) is 17.2 Å². The molecule has 0 radical (unpaired) electrons. The third-order valence-electron chi connectivity index (χ3n) is 3.98. The van der Waals surface area contributed by atoms with E-state index in [0.29, 0.717) is 28.4 Å². The molecule has 0 aromatic heterocycles. The number of rotatable bonds is 7. The minimum atomic E-state index is -0.336. The zero-order chi connectivity index (χ0) is 20.6. The van der Waals surface area contributed by atoms with E-state index in [1.165, 1.54) is 19.2 Å². The molecular formula is C22H20N2O5. The van der Waals surface area contributed by atoms with E-state index in [1.807, 2.05) is 6.07 Å². The highest BCUT2D eigenvalue weighted by molar-refractivity contribution is 6.04. The fourth-order valence-corrected chi connectivity index (χ4v) is 2.53. The summed E-state index contributed by atoms with van der Waals surface area (Å²) in [5.74, 6) is 0.513. The Balaban J connectivity index is 1.53. The molecule has 0 saturated heterocycles. The zero-order valence-corrected chi connectivity index (χ0v) is 15.7. The summed E-state index contributed by atoms with van der Waals surface area (Å²) < 4.78 is 10.7. The second-order valence-electron chi connectivity index (χ2n) is 6.07. The first-order valence-corrected chi connectivity index (χ1v) is 8.81. The molecular weight excluding hydrogens is 372 g/mol. The van der Waals surface area contributed by atoms with Crippen molar-refractivity contribution in [3.63, 3.8) is 0 Å². The van der Waals surface area contributed by atoms with Gasteiger partial charge >= 0.3 is 0 Å². The number of carbonyl (C=O) groups excluding carboxylic acids is 2. The third-order valence-corrected chi connectivity index (χ3v) is 3.98. The van der Waals surface area contributed by atoms with Gasteiger partial charge < -0.3 is 25.2 Å². The Morgan fingerprint density at radius 2 is 1.41 bits per heavy atom. The molecule has 3 N–H and O–H groups in total. The average Bonchev–Trinajstić information content (AvgIpc) is 2.74. The van der Waals surface area contributed by atoms with Crippen LogP contribution in [0.15, 0.2) is 72.8 Å². The van der Waals surface area contributed by atoms with Crippen molar-refractivity contribution in [2.24, 2.45) is 0 Å². The van der Waals surface area contributed by atoms with Gasteiger partial charge in [0.1, 0.15) is 5.75 Å². The van der Waals surface area contributed by atoms with Crippen LogP contribution in [-0.2, 0) is 4.79 Å². The summed E-state index contributed by atoms with van der Waals surface area (Å²) >= 11 is 0. The number of phenols is 1. The molecule has 3 aromatic rings. The number of benzene rings is 3. The van der Waals surface area contributed by atoms with Crippen LogP contribution < -0.4 is 20.1 Å². The highest BCUT2D eigenvalue weighted by Gasteiger charge is 2.09. The van der Waals surface area contributed by atoms with Crippen molar-refractivity contribution >= 4 is 23.2 Å². The second-order valence-corrected chi connectivity index (χ2v) is 6.07. The molecule has 0 fully saturated rings. The molecule has 0 spiro atoms. The van der Waals surface area contributed by atoms with Gasteiger partial charge in [0.2, 0.25) is 0 Å². The van der Waals surface area contributed by atoms with Crippen molar-refractivity contribution in [3.8, 4) is 17.2 Å². The van der Waals surface area contributed by atoms with Crippen LogP contribution in [-0.4, -0.2) is 30.6 Å². The van der Waals surface area contributed by atoms with Crippen molar-refractivity contribution in [1.82, 2.24) is 0 Å². The lowest BCUT2D eigenvalue weighted by molar-refractivity contribution is -0.118. The predicted octanol–water partition coefficient (Wildman–Crippen LogP) is 3.67. The molecule has 3 aromatic carbocycles. The van der Waals surface area contributed by atoms with Gasteiger partial charge in [-0.05, 0) is 60.7 Å². The number of carbonyl (C=O) groups is 2. The van der Waals surface area contributed by atoms with Crippen LogP contribution in [0, 0.1) is 0 Å². The summed E-state index contributed by atoms with van der Waals surface area (Å²) in [6.07, 6.45) is 0. The molecule has 0 aliphatic heterocycles. The SMILES string of the molecule is COc1ccccc1OCC(=O)Nc1ccc(C(=O)Nc2ccc(O)cc2)cc1. The van der Waals surface area contributed by atoms with E-state index in [0.717, 1.165) is 0 Å². The third kappa shape index (κ3) is 5.49. The first-order valence-electron chi connectivity index (χ1n) is 8.81. The second kappa shape index (κ2) is 9.27. The lowest BCUT2D eigenvalue weighted by Gasteiger charge is -2.11. The number of nitrogens with one attached hydrogen (secondary N) is 2. The number of amides is 2. The lowest BCUT2D eigenvalue weighted by Crippen LogP contribution is -2.20. The Labute approximate surface area is 167 Å². The van der Waals surface area contributed by atoms with Gasteiger partial charge in [-0.1, -0.05) is 12.1 Å². The van der Waals surface area contributed by atoms with E-state index in [2.05, 4.69) is 10.6 Å². The maximum atomic E-state index is 12.3. The Kier molecular flexibility index (Phi) is 6.32. The number of hydrogen-bond donors (Lipinski definition) is 3. The molecule has 7 nitrogen and oxygen atoms in total. The number of phenolic OH excluding ortho intramolecular Hbond substituents is 1. The smallest absolute Gasteiger partial charge is 0.262 e. The first-order chi connectivity index (χ1) is 14.0. The molecule has 0 heterocycles. The number of para-hydroxylation sites is 2. The summed E-state index contributed by atoms with van der Waals surface area (Å²) in [5, 5.41) is 14.7. The highest BCUT2D eigenvalue weighted by Crippen LogP contribution is 2.25. The Hall–Kier alpha value is -4.00. The quantitative estimate of drug-likeness (QED) is 0.533. The van der Waals surface area contributed by atoms with Crippen LogP contribution in [0.2, 0.25) is 0 Å². The Bertz CT molecular complexity index is 985. The molecule has 0 aliphatic carbocycles. The normalized spacial score (nSPS) is 10.1. The van der Waals surface area contributed by atoms with Gasteiger partial charge in [0.15, 0.2) is 18.1 Å². The largest absolute Gasteiger partial charge is 0.508 e. The number of hydrogen-bond acceptors (Lipinski definition) is 5. The van der Waals surface area contributed by atoms with Crippen molar-refractivity contribution in [3.05, 3.63) is 78.4 Å². The topological polar surface area (TPSA) is 96.9 Å². The fourth-order valence-electron chi connectivity index (χ4n) is 2.53. The summed E-state index contributed by atoms with van der Waals surface area (Å²) in [5.41, 5.74) is 1.54. The van der Waals surface area contributed by atoms with Crippen LogP contribution in [0.4, 0.5) is 11.4 Å². The van der Waals surface area contributed by atoms with E-state index in [1.54, 1.807) is 54.6 Å². The highest BCUT2D eigenvalue weighted by atomic mass is 16.5. The fraction of sp³-hybridized carbons (Fsp3) is 0.0909.